The Hall–Kier alpha value is -1.10. The van der Waals surface area contributed by atoms with Crippen LogP contribution < -0.4 is 5.56 Å². The van der Waals surface area contributed by atoms with Crippen LogP contribution in [0.4, 0.5) is 0 Å². The Bertz CT molecular complexity index is 439. The lowest BCUT2D eigenvalue weighted by atomic mass is 10.3. The number of nitrogens with zero attached hydrogens (tertiary/aromatic N) is 1. The van der Waals surface area contributed by atoms with Crippen LogP contribution in [0.2, 0.25) is 0 Å². The van der Waals surface area contributed by atoms with Gasteiger partial charge in [0, 0.05) is 12.7 Å². The van der Waals surface area contributed by atoms with Crippen molar-refractivity contribution in [1.29, 1.82) is 0 Å². The number of halogens is 1. The summed E-state index contributed by atoms with van der Waals surface area (Å²) < 4.78 is 6.82. The molecule has 88 valence electrons. The first-order valence-electron chi connectivity index (χ1n) is 5.06. The number of hydrogen-bond donors (Lipinski definition) is 0. The molecule has 4 nitrogen and oxygen atoms in total. The highest BCUT2D eigenvalue weighted by molar-refractivity contribution is 9.10. The van der Waals surface area contributed by atoms with Crippen molar-refractivity contribution in [3.05, 3.63) is 32.7 Å². The Morgan fingerprint density at radius 2 is 2.25 bits per heavy atom. The number of ether oxygens (including phenoxy) is 1. The molecule has 0 saturated carbocycles. The molecule has 0 atom stereocenters. The van der Waals surface area contributed by atoms with Gasteiger partial charge in [-0.25, -0.2) is 0 Å². The molecule has 0 aliphatic rings. The van der Waals surface area contributed by atoms with Gasteiger partial charge in [0.15, 0.2) is 0 Å². The van der Waals surface area contributed by atoms with Crippen molar-refractivity contribution < 1.29 is 9.53 Å². The first-order valence-corrected chi connectivity index (χ1v) is 5.86. The Morgan fingerprint density at radius 3 is 2.88 bits per heavy atom. The molecular formula is C11H14BrNO3. The van der Waals surface area contributed by atoms with Crippen LogP contribution in [0.1, 0.15) is 18.9 Å². The van der Waals surface area contributed by atoms with Crippen LogP contribution in [-0.4, -0.2) is 17.1 Å². The zero-order valence-corrected chi connectivity index (χ0v) is 10.9. The van der Waals surface area contributed by atoms with Crippen molar-refractivity contribution in [2.45, 2.75) is 26.8 Å². The van der Waals surface area contributed by atoms with Gasteiger partial charge in [-0.2, -0.15) is 0 Å². The minimum atomic E-state index is -0.285. The monoisotopic (exact) mass is 287 g/mol. The molecule has 1 aromatic rings. The lowest BCUT2D eigenvalue weighted by Crippen LogP contribution is -2.22. The fourth-order valence-corrected chi connectivity index (χ4v) is 1.94. The molecule has 0 unspecified atom stereocenters. The molecule has 5 heteroatoms. The molecule has 0 radical (unpaired) electrons. The third-order valence-electron chi connectivity index (χ3n) is 2.04. The summed E-state index contributed by atoms with van der Waals surface area (Å²) in [4.78, 5) is 22.8. The van der Waals surface area contributed by atoms with Gasteiger partial charge >= 0.3 is 5.97 Å². The SMILES string of the molecule is CCOC(=O)CCn1cc(C)cc(Br)c1=O. The number of esters is 1. The summed E-state index contributed by atoms with van der Waals surface area (Å²) in [5, 5.41) is 0. The number of aryl methyl sites for hydroxylation is 2. The number of hydrogen-bond acceptors (Lipinski definition) is 3. The summed E-state index contributed by atoms with van der Waals surface area (Å²) in [6.45, 7) is 4.36. The normalized spacial score (nSPS) is 10.2. The molecule has 0 N–H and O–H groups in total. The van der Waals surface area contributed by atoms with E-state index in [1.54, 1.807) is 19.2 Å². The van der Waals surface area contributed by atoms with Crippen molar-refractivity contribution in [2.75, 3.05) is 6.61 Å². The van der Waals surface area contributed by atoms with E-state index in [0.29, 0.717) is 17.6 Å². The minimum Gasteiger partial charge on any atom is -0.466 e. The van der Waals surface area contributed by atoms with E-state index in [2.05, 4.69) is 15.9 Å². The van der Waals surface area contributed by atoms with E-state index < -0.39 is 0 Å². The van der Waals surface area contributed by atoms with Crippen molar-refractivity contribution in [3.8, 4) is 0 Å². The summed E-state index contributed by atoms with van der Waals surface area (Å²) in [7, 11) is 0. The summed E-state index contributed by atoms with van der Waals surface area (Å²) >= 11 is 3.19. The molecule has 0 saturated heterocycles. The molecule has 1 aromatic heterocycles. The van der Waals surface area contributed by atoms with Gasteiger partial charge in [-0.3, -0.25) is 9.59 Å². The third kappa shape index (κ3) is 3.48. The quantitative estimate of drug-likeness (QED) is 0.795. The summed E-state index contributed by atoms with van der Waals surface area (Å²) in [6, 6.07) is 1.75. The second kappa shape index (κ2) is 5.84. The standard InChI is InChI=1S/C11H14BrNO3/c1-3-16-10(14)4-5-13-7-8(2)6-9(12)11(13)15/h6-7H,3-5H2,1-2H3. The summed E-state index contributed by atoms with van der Waals surface area (Å²) in [5.74, 6) is -0.285. The first-order chi connectivity index (χ1) is 7.54. The van der Waals surface area contributed by atoms with Crippen LogP contribution in [0.3, 0.4) is 0 Å². The predicted octanol–water partition coefficient (Wildman–Crippen LogP) is 1.87. The number of carbonyl (C=O) groups excluding carboxylic acids is 1. The maximum atomic E-state index is 11.7. The van der Waals surface area contributed by atoms with Gasteiger partial charge < -0.3 is 9.30 Å². The Labute approximate surface area is 102 Å². The Balaban J connectivity index is 2.74. The maximum absolute atomic E-state index is 11.7. The van der Waals surface area contributed by atoms with Crippen LogP contribution >= 0.6 is 15.9 Å². The molecule has 0 bridgehead atoms. The molecule has 0 spiro atoms. The van der Waals surface area contributed by atoms with Gasteiger partial charge in [0.25, 0.3) is 5.56 Å². The lowest BCUT2D eigenvalue weighted by molar-refractivity contribution is -0.143. The molecule has 1 rings (SSSR count). The highest BCUT2D eigenvalue weighted by atomic mass is 79.9. The van der Waals surface area contributed by atoms with E-state index in [4.69, 9.17) is 4.74 Å². The molecule has 0 aromatic carbocycles. The molecule has 16 heavy (non-hydrogen) atoms. The van der Waals surface area contributed by atoms with Crippen molar-refractivity contribution >= 4 is 21.9 Å². The minimum absolute atomic E-state index is 0.130. The fourth-order valence-electron chi connectivity index (χ4n) is 1.35. The van der Waals surface area contributed by atoms with E-state index in [1.807, 2.05) is 6.92 Å². The maximum Gasteiger partial charge on any atom is 0.307 e. The van der Waals surface area contributed by atoms with Crippen molar-refractivity contribution in [2.24, 2.45) is 0 Å². The predicted molar refractivity (Wildman–Crippen MR) is 64.4 cm³/mol. The highest BCUT2D eigenvalue weighted by Gasteiger charge is 2.06. The average molecular weight is 288 g/mol. The molecule has 0 aliphatic carbocycles. The van der Waals surface area contributed by atoms with Crippen molar-refractivity contribution in [1.82, 2.24) is 4.57 Å². The van der Waals surface area contributed by atoms with Crippen molar-refractivity contribution in [3.63, 3.8) is 0 Å². The van der Waals surface area contributed by atoms with Gasteiger partial charge in [0.1, 0.15) is 0 Å². The molecule has 0 aliphatic heterocycles. The number of carbonyl (C=O) groups is 1. The van der Waals surface area contributed by atoms with Gasteiger partial charge in [-0.15, -0.1) is 0 Å². The molecule has 0 amide bonds. The van der Waals surface area contributed by atoms with Crippen LogP contribution in [0, 0.1) is 6.92 Å². The van der Waals surface area contributed by atoms with Gasteiger partial charge in [-0.1, -0.05) is 0 Å². The Morgan fingerprint density at radius 1 is 1.56 bits per heavy atom. The smallest absolute Gasteiger partial charge is 0.307 e. The van der Waals surface area contributed by atoms with E-state index in [1.165, 1.54) is 4.57 Å². The van der Waals surface area contributed by atoms with E-state index in [-0.39, 0.29) is 17.9 Å². The highest BCUT2D eigenvalue weighted by Crippen LogP contribution is 2.06. The van der Waals surface area contributed by atoms with Gasteiger partial charge in [0.05, 0.1) is 17.5 Å². The number of rotatable bonds is 4. The van der Waals surface area contributed by atoms with E-state index in [0.717, 1.165) is 5.56 Å². The van der Waals surface area contributed by atoms with Gasteiger partial charge in [-0.05, 0) is 41.4 Å². The first kappa shape index (κ1) is 13.0. The van der Waals surface area contributed by atoms with Gasteiger partial charge in [0.2, 0.25) is 0 Å². The molecular weight excluding hydrogens is 274 g/mol. The zero-order chi connectivity index (χ0) is 12.1. The summed E-state index contributed by atoms with van der Waals surface area (Å²) in [5.41, 5.74) is 0.838. The number of aromatic nitrogens is 1. The summed E-state index contributed by atoms with van der Waals surface area (Å²) in [6.07, 6.45) is 1.94. The van der Waals surface area contributed by atoms with Crippen LogP contribution in [0.5, 0.6) is 0 Å². The van der Waals surface area contributed by atoms with E-state index >= 15 is 0 Å². The van der Waals surface area contributed by atoms with Crippen LogP contribution in [-0.2, 0) is 16.1 Å². The Kier molecular flexibility index (Phi) is 4.73. The largest absolute Gasteiger partial charge is 0.466 e. The second-order valence-corrected chi connectivity index (χ2v) is 4.27. The average Bonchev–Trinajstić information content (AvgIpc) is 2.21. The fraction of sp³-hybridized carbons (Fsp3) is 0.455. The molecule has 1 heterocycles. The second-order valence-electron chi connectivity index (χ2n) is 3.42. The van der Waals surface area contributed by atoms with E-state index in [9.17, 15) is 9.59 Å². The molecule has 0 fully saturated rings. The van der Waals surface area contributed by atoms with Crippen LogP contribution in [0.15, 0.2) is 21.5 Å². The topological polar surface area (TPSA) is 48.3 Å². The lowest BCUT2D eigenvalue weighted by Gasteiger charge is -2.07. The van der Waals surface area contributed by atoms with Crippen LogP contribution in [0.25, 0.3) is 0 Å². The zero-order valence-electron chi connectivity index (χ0n) is 9.33. The third-order valence-corrected chi connectivity index (χ3v) is 2.61. The number of pyridine rings is 1.